The molecule has 1 aromatic heterocycles. The summed E-state index contributed by atoms with van der Waals surface area (Å²) in [7, 11) is 0. The van der Waals surface area contributed by atoms with Crippen molar-refractivity contribution >= 4 is 11.0 Å². The number of hydrogen-bond acceptors (Lipinski definition) is 26. The van der Waals surface area contributed by atoms with E-state index in [2.05, 4.69) is 0 Å². The maximum atomic E-state index is 14.1. The third-order valence-corrected chi connectivity index (χ3v) is 11.5. The first-order valence-electron chi connectivity index (χ1n) is 20.0. The van der Waals surface area contributed by atoms with Crippen LogP contribution in [0.4, 0.5) is 0 Å². The zero-order chi connectivity index (χ0) is 47.3. The van der Waals surface area contributed by atoms with E-state index in [1.165, 1.54) is 13.0 Å². The number of benzene rings is 2. The number of hydrogen-bond donors (Lipinski definition) is 16. The van der Waals surface area contributed by atoms with Crippen LogP contribution in [0.2, 0.25) is 0 Å². The fourth-order valence-electron chi connectivity index (χ4n) is 7.81. The number of ether oxygens (including phenoxy) is 8. The molecule has 0 spiro atoms. The van der Waals surface area contributed by atoms with E-state index in [4.69, 9.17) is 42.3 Å². The first kappa shape index (κ1) is 48.8. The van der Waals surface area contributed by atoms with Crippen LogP contribution in [-0.2, 0) is 33.2 Å². The fraction of sp³-hybridized carbons (Fsp3) is 0.615. The van der Waals surface area contributed by atoms with Crippen LogP contribution in [0.25, 0.3) is 22.3 Å². The minimum atomic E-state index is -2.25. The van der Waals surface area contributed by atoms with E-state index in [-0.39, 0.29) is 5.56 Å². The third kappa shape index (κ3) is 9.43. The van der Waals surface area contributed by atoms with Gasteiger partial charge >= 0.3 is 0 Å². The van der Waals surface area contributed by atoms with Gasteiger partial charge in [-0.05, 0) is 25.1 Å². The predicted octanol–water partition coefficient (Wildman–Crippen LogP) is -6.04. The van der Waals surface area contributed by atoms with Crippen molar-refractivity contribution in [2.45, 2.75) is 130 Å². The van der Waals surface area contributed by atoms with Gasteiger partial charge in [-0.25, -0.2) is 0 Å². The van der Waals surface area contributed by atoms with Gasteiger partial charge in [0, 0.05) is 17.7 Å². The molecule has 7 rings (SSSR count). The lowest BCUT2D eigenvalue weighted by Crippen LogP contribution is -2.67. The zero-order valence-electron chi connectivity index (χ0n) is 33.8. The summed E-state index contributed by atoms with van der Waals surface area (Å²) in [5, 5.41) is 168. The summed E-state index contributed by atoms with van der Waals surface area (Å²) in [6.07, 6.45) is -37.1. The number of phenolic OH excluding ortho intramolecular Hbond substituents is 4. The maximum absolute atomic E-state index is 14.1. The molecule has 4 aliphatic heterocycles. The minimum absolute atomic E-state index is 0.142. The molecule has 0 bridgehead atoms. The van der Waals surface area contributed by atoms with E-state index in [0.29, 0.717) is 0 Å². The van der Waals surface area contributed by atoms with Crippen LogP contribution in [0.15, 0.2) is 39.5 Å². The Balaban J connectivity index is 1.19. The second-order valence-corrected chi connectivity index (χ2v) is 15.9. The molecule has 16 N–H and O–H groups in total. The van der Waals surface area contributed by atoms with Gasteiger partial charge in [-0.15, -0.1) is 0 Å². The van der Waals surface area contributed by atoms with Gasteiger partial charge in [-0.2, -0.15) is 0 Å². The highest BCUT2D eigenvalue weighted by molar-refractivity contribution is 5.88. The molecule has 362 valence electrons. The first-order valence-corrected chi connectivity index (χ1v) is 20.0. The standard InChI is InChI=1S/C39H50O26/c1-10-21(46)24(49)28(53)36(58-10)57-9-19-34(64-38-30(55)26(51)33(18(8-41)61-38)63-37-29(54)25(50)22(47)17(7-40)60-37)27(52)31(56)39(62-19)65-35-23(48)20-15(45)5-12(42)6-16(20)59-32(35)11-2-3-13(43)14(44)4-11/h2-6,10,17-19,21-22,24-31,33-34,36-47,49-56H,7-9H2,1H3/t10?,17?,18?,19?,21-,22+,24-,25+,26-,27-,28?,29?,30?,31?,33+,34+,36+,37+,38+,39-/m0/s1. The topological polar surface area (TPSA) is 428 Å². The summed E-state index contributed by atoms with van der Waals surface area (Å²) in [5.74, 6) is -3.94. The summed E-state index contributed by atoms with van der Waals surface area (Å²) < 4.78 is 51.3. The highest BCUT2D eigenvalue weighted by Crippen LogP contribution is 2.40. The molecular formula is C39H50O26. The van der Waals surface area contributed by atoms with Crippen LogP contribution in [0.1, 0.15) is 6.92 Å². The molecule has 26 nitrogen and oxygen atoms in total. The van der Waals surface area contributed by atoms with Crippen LogP contribution in [0.3, 0.4) is 0 Å². The molecule has 0 aliphatic carbocycles. The van der Waals surface area contributed by atoms with Gasteiger partial charge < -0.3 is 124 Å². The minimum Gasteiger partial charge on any atom is -0.508 e. The molecule has 3 aromatic rings. The van der Waals surface area contributed by atoms with Gasteiger partial charge in [-0.1, -0.05) is 0 Å². The van der Waals surface area contributed by atoms with Crippen molar-refractivity contribution < 1.29 is 124 Å². The Hall–Kier alpha value is -4.11. The molecule has 8 unspecified atom stereocenters. The smallest absolute Gasteiger partial charge is 0.239 e. The Kier molecular flexibility index (Phi) is 14.7. The molecule has 65 heavy (non-hydrogen) atoms. The van der Waals surface area contributed by atoms with Crippen molar-refractivity contribution in [3.63, 3.8) is 0 Å². The Labute approximate surface area is 364 Å². The number of aromatic hydroxyl groups is 4. The average Bonchev–Trinajstić information content (AvgIpc) is 3.27. The fourth-order valence-corrected chi connectivity index (χ4v) is 7.81. The molecule has 20 atom stereocenters. The summed E-state index contributed by atoms with van der Waals surface area (Å²) in [5.41, 5.74) is -1.68. The second-order valence-electron chi connectivity index (χ2n) is 15.9. The Morgan fingerprint density at radius 1 is 0.554 bits per heavy atom. The van der Waals surface area contributed by atoms with E-state index in [9.17, 15) is 86.5 Å². The van der Waals surface area contributed by atoms with Crippen LogP contribution >= 0.6 is 0 Å². The lowest BCUT2D eigenvalue weighted by atomic mass is 9.96. The zero-order valence-corrected chi connectivity index (χ0v) is 33.8. The van der Waals surface area contributed by atoms with Gasteiger partial charge in [0.15, 0.2) is 36.1 Å². The molecular weight excluding hydrogens is 884 g/mol. The molecule has 4 saturated heterocycles. The Morgan fingerprint density at radius 2 is 1.11 bits per heavy atom. The number of rotatable bonds is 12. The highest BCUT2D eigenvalue weighted by atomic mass is 16.8. The normalized spacial score (nSPS) is 40.2. The first-order chi connectivity index (χ1) is 30.7. The lowest BCUT2D eigenvalue weighted by Gasteiger charge is -2.48. The van der Waals surface area contributed by atoms with E-state index in [0.717, 1.165) is 24.3 Å². The van der Waals surface area contributed by atoms with Crippen molar-refractivity contribution in [3.8, 4) is 40.1 Å². The third-order valence-electron chi connectivity index (χ3n) is 11.5. The Bertz CT molecular complexity index is 2170. The Morgan fingerprint density at radius 3 is 1.74 bits per heavy atom. The van der Waals surface area contributed by atoms with Crippen LogP contribution in [0, 0.1) is 0 Å². The van der Waals surface area contributed by atoms with E-state index in [1.807, 2.05) is 0 Å². The molecule has 5 heterocycles. The van der Waals surface area contributed by atoms with Crippen LogP contribution in [0.5, 0.6) is 28.7 Å². The lowest BCUT2D eigenvalue weighted by molar-refractivity contribution is -0.379. The largest absolute Gasteiger partial charge is 0.508 e. The van der Waals surface area contributed by atoms with Gasteiger partial charge in [0.1, 0.15) is 114 Å². The van der Waals surface area contributed by atoms with Crippen molar-refractivity contribution in [1.82, 2.24) is 0 Å². The monoisotopic (exact) mass is 934 g/mol. The molecule has 0 amide bonds. The van der Waals surface area contributed by atoms with Crippen molar-refractivity contribution in [3.05, 3.63) is 40.6 Å². The number of phenols is 4. The number of aliphatic hydroxyl groups excluding tert-OH is 12. The number of fused-ring (bicyclic) bond motifs is 1. The molecule has 26 heteroatoms. The van der Waals surface area contributed by atoms with Crippen molar-refractivity contribution in [1.29, 1.82) is 0 Å². The van der Waals surface area contributed by atoms with Crippen LogP contribution in [-0.4, -0.2) is 224 Å². The average molecular weight is 935 g/mol. The molecule has 4 aliphatic rings. The predicted molar refractivity (Wildman–Crippen MR) is 205 cm³/mol. The molecule has 4 fully saturated rings. The summed E-state index contributed by atoms with van der Waals surface area (Å²) in [6, 6.07) is 4.92. The molecule has 2 aromatic carbocycles. The summed E-state index contributed by atoms with van der Waals surface area (Å²) >= 11 is 0. The quantitative estimate of drug-likeness (QED) is 0.0752. The molecule has 0 radical (unpaired) electrons. The van der Waals surface area contributed by atoms with Gasteiger partial charge in [0.05, 0.1) is 25.9 Å². The van der Waals surface area contributed by atoms with E-state index >= 15 is 0 Å². The van der Waals surface area contributed by atoms with E-state index < -0.39 is 194 Å². The molecule has 0 saturated carbocycles. The SMILES string of the molecule is CC1O[C@@H](OCC2O[C@@H](Oc3c(-c4ccc(O)c(O)c4)oc4cc(O)cc(O)c4c3=O)C(O)[C@H](O)[C@@H]2O[C@H]2OC(CO)[C@@H](O[C@H]3OC(CO)[C@@H](O)[C@@H](O)C3O)[C@@H](O)C2O)C(O)[C@@H](O)[C@H]1O. The van der Waals surface area contributed by atoms with Gasteiger partial charge in [-0.3, -0.25) is 4.79 Å². The van der Waals surface area contributed by atoms with Crippen molar-refractivity contribution in [2.24, 2.45) is 0 Å². The summed E-state index contributed by atoms with van der Waals surface area (Å²) in [6.45, 7) is -1.32. The maximum Gasteiger partial charge on any atom is 0.239 e. The second kappa shape index (κ2) is 19.6. The highest BCUT2D eigenvalue weighted by Gasteiger charge is 2.54. The van der Waals surface area contributed by atoms with Crippen LogP contribution < -0.4 is 10.2 Å². The van der Waals surface area contributed by atoms with E-state index in [1.54, 1.807) is 0 Å². The van der Waals surface area contributed by atoms with Crippen molar-refractivity contribution in [2.75, 3.05) is 19.8 Å². The van der Waals surface area contributed by atoms with Gasteiger partial charge in [0.2, 0.25) is 17.5 Å². The number of aliphatic hydroxyl groups is 12. The van der Waals surface area contributed by atoms with Gasteiger partial charge in [0.25, 0.3) is 0 Å². The summed E-state index contributed by atoms with van der Waals surface area (Å²) in [4.78, 5) is 14.1.